The molecule has 0 spiro atoms. The molecule has 0 atom stereocenters. The third kappa shape index (κ3) is 1.91. The van der Waals surface area contributed by atoms with Gasteiger partial charge in [0.2, 0.25) is 4.80 Å². The Morgan fingerprint density at radius 1 is 1.00 bits per heavy atom. The summed E-state index contributed by atoms with van der Waals surface area (Å²) in [5.41, 5.74) is 2.42. The van der Waals surface area contributed by atoms with E-state index in [0.717, 1.165) is 11.3 Å². The van der Waals surface area contributed by atoms with E-state index in [1.807, 2.05) is 30.3 Å². The minimum atomic E-state index is 0.793. The third-order valence-corrected chi connectivity index (χ3v) is 3.96. The number of aromatic nitrogens is 1. The van der Waals surface area contributed by atoms with Crippen molar-refractivity contribution in [2.75, 3.05) is 0 Å². The van der Waals surface area contributed by atoms with E-state index in [4.69, 9.17) is 5.84 Å². The Hall–Kier alpha value is -2.07. The molecule has 0 amide bonds. The van der Waals surface area contributed by atoms with E-state index in [1.165, 1.54) is 15.8 Å². The van der Waals surface area contributed by atoms with E-state index in [1.54, 1.807) is 11.3 Å². The van der Waals surface area contributed by atoms with Crippen molar-refractivity contribution in [1.82, 2.24) is 4.57 Å². The van der Waals surface area contributed by atoms with E-state index in [9.17, 15) is 0 Å². The molecule has 2 aromatic carbocycles. The van der Waals surface area contributed by atoms with Crippen LogP contribution in [-0.4, -0.2) is 4.57 Å². The van der Waals surface area contributed by atoms with Crippen molar-refractivity contribution >= 4 is 21.6 Å². The number of fused-ring (bicyclic) bond motifs is 1. The first-order valence-corrected chi connectivity index (χ1v) is 6.56. The minimum absolute atomic E-state index is 0.793. The normalized spacial score (nSPS) is 12.1. The maximum Gasteiger partial charge on any atom is 0.208 e. The Morgan fingerprint density at radius 3 is 2.50 bits per heavy atom. The number of hydrogen-bond acceptors (Lipinski definition) is 3. The van der Waals surface area contributed by atoms with E-state index in [0.29, 0.717) is 0 Å². The molecule has 2 N–H and O–H groups in total. The van der Waals surface area contributed by atoms with Gasteiger partial charge >= 0.3 is 0 Å². The summed E-state index contributed by atoms with van der Waals surface area (Å²) in [4.78, 5) is 0.847. The molecule has 3 aromatic rings. The van der Waals surface area contributed by atoms with E-state index < -0.39 is 0 Å². The highest BCUT2D eigenvalue weighted by molar-refractivity contribution is 7.16. The summed E-state index contributed by atoms with van der Waals surface area (Å²) >= 11 is 1.61. The molecular formula is C14H13N3S. The van der Waals surface area contributed by atoms with E-state index in [2.05, 4.69) is 33.9 Å². The number of rotatable bonds is 2. The van der Waals surface area contributed by atoms with Gasteiger partial charge in [0.05, 0.1) is 16.8 Å². The Morgan fingerprint density at radius 2 is 1.72 bits per heavy atom. The van der Waals surface area contributed by atoms with Gasteiger partial charge in [-0.1, -0.05) is 53.8 Å². The smallest absolute Gasteiger partial charge is 0.208 e. The van der Waals surface area contributed by atoms with Crippen molar-refractivity contribution in [3.63, 3.8) is 0 Å². The quantitative estimate of drug-likeness (QED) is 0.555. The van der Waals surface area contributed by atoms with Crippen LogP contribution < -0.4 is 10.6 Å². The molecule has 3 nitrogen and oxygen atoms in total. The molecule has 0 aliphatic carbocycles. The van der Waals surface area contributed by atoms with Gasteiger partial charge in [0.25, 0.3) is 0 Å². The van der Waals surface area contributed by atoms with Crippen LogP contribution in [0, 0.1) is 0 Å². The zero-order chi connectivity index (χ0) is 12.4. The van der Waals surface area contributed by atoms with Gasteiger partial charge in [-0.05, 0) is 17.7 Å². The molecule has 0 radical (unpaired) electrons. The summed E-state index contributed by atoms with van der Waals surface area (Å²) in [7, 11) is 0. The van der Waals surface area contributed by atoms with Crippen molar-refractivity contribution < 1.29 is 0 Å². The van der Waals surface area contributed by atoms with E-state index in [-0.39, 0.29) is 0 Å². The molecule has 0 unspecified atom stereocenters. The van der Waals surface area contributed by atoms with Gasteiger partial charge in [0.1, 0.15) is 0 Å². The summed E-state index contributed by atoms with van der Waals surface area (Å²) in [6.07, 6.45) is 0. The van der Waals surface area contributed by atoms with Gasteiger partial charge in [0.15, 0.2) is 0 Å². The number of benzene rings is 2. The average Bonchev–Trinajstić information content (AvgIpc) is 2.78. The van der Waals surface area contributed by atoms with Crippen LogP contribution in [-0.2, 0) is 6.54 Å². The molecule has 0 aliphatic rings. The highest BCUT2D eigenvalue weighted by atomic mass is 32.1. The number of hydrogen-bond donors (Lipinski definition) is 1. The molecule has 3 rings (SSSR count). The van der Waals surface area contributed by atoms with Crippen LogP contribution in [0.15, 0.2) is 59.7 Å². The third-order valence-electron chi connectivity index (χ3n) is 2.88. The fourth-order valence-electron chi connectivity index (χ4n) is 2.04. The van der Waals surface area contributed by atoms with Crippen molar-refractivity contribution in [3.8, 4) is 0 Å². The summed E-state index contributed by atoms with van der Waals surface area (Å²) < 4.78 is 3.35. The summed E-state index contributed by atoms with van der Waals surface area (Å²) in [6.45, 7) is 0.793. The second-order valence-corrected chi connectivity index (χ2v) is 5.06. The average molecular weight is 255 g/mol. The van der Waals surface area contributed by atoms with Crippen molar-refractivity contribution in [3.05, 3.63) is 65.0 Å². The second kappa shape index (κ2) is 4.66. The molecule has 0 fully saturated rings. The maximum atomic E-state index is 5.48. The SMILES string of the molecule is NN=c1sc2ccccc2n1Cc1ccccc1. The van der Waals surface area contributed by atoms with Gasteiger partial charge in [-0.2, -0.15) is 5.10 Å². The number of para-hydroxylation sites is 1. The predicted molar refractivity (Wildman–Crippen MR) is 75.1 cm³/mol. The lowest BCUT2D eigenvalue weighted by Gasteiger charge is -2.04. The Labute approximate surface area is 109 Å². The van der Waals surface area contributed by atoms with Crippen LogP contribution in [0.4, 0.5) is 0 Å². The molecule has 0 saturated heterocycles. The van der Waals surface area contributed by atoms with Gasteiger partial charge in [-0.25, -0.2) is 0 Å². The first kappa shape index (κ1) is 11.0. The predicted octanol–water partition coefficient (Wildman–Crippen LogP) is 2.53. The molecule has 0 saturated carbocycles. The monoisotopic (exact) mass is 255 g/mol. The van der Waals surface area contributed by atoms with Crippen LogP contribution in [0.2, 0.25) is 0 Å². The van der Waals surface area contributed by atoms with E-state index >= 15 is 0 Å². The second-order valence-electron chi connectivity index (χ2n) is 4.05. The van der Waals surface area contributed by atoms with Crippen LogP contribution in [0.1, 0.15) is 5.56 Å². The van der Waals surface area contributed by atoms with Crippen LogP contribution >= 0.6 is 11.3 Å². The van der Waals surface area contributed by atoms with Crippen molar-refractivity contribution in [2.45, 2.75) is 6.54 Å². The number of thiazole rings is 1. The zero-order valence-electron chi connectivity index (χ0n) is 9.78. The fraction of sp³-hybridized carbons (Fsp3) is 0.0714. The molecule has 1 heterocycles. The first-order valence-electron chi connectivity index (χ1n) is 5.75. The summed E-state index contributed by atoms with van der Waals surface area (Å²) in [6, 6.07) is 18.6. The molecule has 4 heteroatoms. The zero-order valence-corrected chi connectivity index (χ0v) is 10.6. The molecule has 0 aliphatic heterocycles. The molecule has 18 heavy (non-hydrogen) atoms. The van der Waals surface area contributed by atoms with Crippen LogP contribution in [0.25, 0.3) is 10.2 Å². The number of nitrogens with two attached hydrogens (primary N) is 1. The lowest BCUT2D eigenvalue weighted by molar-refractivity contribution is 0.789. The highest BCUT2D eigenvalue weighted by Gasteiger charge is 2.05. The summed E-state index contributed by atoms with van der Waals surface area (Å²) in [5.74, 6) is 5.48. The Balaban J connectivity index is 2.16. The molecule has 0 bridgehead atoms. The molecular weight excluding hydrogens is 242 g/mol. The van der Waals surface area contributed by atoms with Crippen molar-refractivity contribution in [2.24, 2.45) is 10.9 Å². The van der Waals surface area contributed by atoms with Crippen molar-refractivity contribution in [1.29, 1.82) is 0 Å². The van der Waals surface area contributed by atoms with Gasteiger partial charge in [-0.15, -0.1) is 0 Å². The topological polar surface area (TPSA) is 43.3 Å². The largest absolute Gasteiger partial charge is 0.320 e. The lowest BCUT2D eigenvalue weighted by atomic mass is 10.2. The first-order chi connectivity index (χ1) is 8.88. The van der Waals surface area contributed by atoms with Crippen LogP contribution in [0.3, 0.4) is 0 Å². The van der Waals surface area contributed by atoms with Gasteiger partial charge in [0, 0.05) is 0 Å². The molecule has 1 aromatic heterocycles. The highest BCUT2D eigenvalue weighted by Crippen LogP contribution is 2.17. The number of nitrogens with zero attached hydrogens (tertiary/aromatic N) is 2. The fourth-order valence-corrected chi connectivity index (χ4v) is 2.99. The minimum Gasteiger partial charge on any atom is -0.320 e. The Kier molecular flexibility index (Phi) is 2.86. The van der Waals surface area contributed by atoms with Gasteiger partial charge in [-0.3, -0.25) is 0 Å². The maximum absolute atomic E-state index is 5.48. The van der Waals surface area contributed by atoms with Gasteiger partial charge < -0.3 is 10.4 Å². The molecule has 90 valence electrons. The Bertz CT molecular complexity index is 725. The lowest BCUT2D eigenvalue weighted by Crippen LogP contribution is -2.17. The standard InChI is InChI=1S/C14H13N3S/c15-16-14-17(10-11-6-2-1-3-7-11)12-8-4-5-9-13(12)18-14/h1-9H,10,15H2. The summed E-state index contributed by atoms with van der Waals surface area (Å²) in [5, 5.41) is 3.89. The van der Waals surface area contributed by atoms with Crippen LogP contribution in [0.5, 0.6) is 0 Å².